The first-order valence-electron chi connectivity index (χ1n) is 7.90. The molecule has 1 aromatic rings. The summed E-state index contributed by atoms with van der Waals surface area (Å²) in [6, 6.07) is 6.75. The molecule has 6 nitrogen and oxygen atoms in total. The molecule has 0 aromatic heterocycles. The first kappa shape index (κ1) is 17.9. The van der Waals surface area contributed by atoms with E-state index in [2.05, 4.69) is 5.32 Å². The van der Waals surface area contributed by atoms with E-state index in [0.29, 0.717) is 6.04 Å². The highest BCUT2D eigenvalue weighted by molar-refractivity contribution is 7.89. The molecule has 0 saturated heterocycles. The molecular weight excluding hydrogens is 314 g/mol. The summed E-state index contributed by atoms with van der Waals surface area (Å²) < 4.78 is 22.9. The smallest absolute Gasteiger partial charge is 0.238 e. The molecule has 1 saturated carbocycles. The minimum Gasteiger partial charge on any atom is -0.352 e. The van der Waals surface area contributed by atoms with E-state index in [-0.39, 0.29) is 23.4 Å². The third-order valence-corrected chi connectivity index (χ3v) is 5.35. The van der Waals surface area contributed by atoms with Gasteiger partial charge in [-0.05, 0) is 44.5 Å². The average molecular weight is 339 g/mol. The van der Waals surface area contributed by atoms with Gasteiger partial charge in [-0.1, -0.05) is 25.0 Å². The van der Waals surface area contributed by atoms with E-state index in [1.807, 2.05) is 24.9 Å². The Balaban J connectivity index is 1.98. The Hall–Kier alpha value is -1.44. The van der Waals surface area contributed by atoms with Crippen LogP contribution in [-0.2, 0) is 14.8 Å². The Labute approximate surface area is 138 Å². The highest BCUT2D eigenvalue weighted by Crippen LogP contribution is 2.21. The summed E-state index contributed by atoms with van der Waals surface area (Å²) in [5.74, 6) is 0.00820. The van der Waals surface area contributed by atoms with Gasteiger partial charge in [0.1, 0.15) is 0 Å². The molecule has 3 N–H and O–H groups in total. The van der Waals surface area contributed by atoms with E-state index >= 15 is 0 Å². The fourth-order valence-electron chi connectivity index (χ4n) is 2.91. The van der Waals surface area contributed by atoms with Crippen LogP contribution in [0.1, 0.15) is 44.2 Å². The van der Waals surface area contributed by atoms with Crippen LogP contribution < -0.4 is 10.5 Å². The number of nitrogens with one attached hydrogen (secondary N) is 1. The van der Waals surface area contributed by atoms with Crippen LogP contribution in [0.15, 0.2) is 29.2 Å². The van der Waals surface area contributed by atoms with Crippen molar-refractivity contribution >= 4 is 15.9 Å². The van der Waals surface area contributed by atoms with E-state index in [9.17, 15) is 13.2 Å². The summed E-state index contributed by atoms with van der Waals surface area (Å²) >= 11 is 0. The third kappa shape index (κ3) is 5.02. The Kier molecular flexibility index (Phi) is 5.78. The first-order valence-corrected chi connectivity index (χ1v) is 9.44. The minimum absolute atomic E-state index is 0.00820. The second kappa shape index (κ2) is 7.42. The second-order valence-electron chi connectivity index (χ2n) is 6.26. The minimum atomic E-state index is -3.72. The predicted octanol–water partition coefficient (Wildman–Crippen LogP) is 1.39. The lowest BCUT2D eigenvalue weighted by Crippen LogP contribution is -2.40. The quantitative estimate of drug-likeness (QED) is 0.819. The molecule has 1 atom stereocenters. The summed E-state index contributed by atoms with van der Waals surface area (Å²) in [4.78, 5) is 14.1. The Morgan fingerprint density at radius 3 is 2.65 bits per heavy atom. The summed E-state index contributed by atoms with van der Waals surface area (Å²) in [7, 11) is -1.87. The predicted molar refractivity (Wildman–Crippen MR) is 89.3 cm³/mol. The zero-order valence-electron chi connectivity index (χ0n) is 13.7. The van der Waals surface area contributed by atoms with Crippen molar-refractivity contribution in [1.29, 1.82) is 0 Å². The number of nitrogens with zero attached hydrogens (tertiary/aromatic N) is 1. The van der Waals surface area contributed by atoms with Crippen molar-refractivity contribution in [3.63, 3.8) is 0 Å². The lowest BCUT2D eigenvalue weighted by molar-refractivity contribution is -0.123. The third-order valence-electron chi connectivity index (χ3n) is 4.44. The number of primary sulfonamides is 1. The van der Waals surface area contributed by atoms with Gasteiger partial charge in [-0.25, -0.2) is 13.6 Å². The highest BCUT2D eigenvalue weighted by Gasteiger charge is 2.20. The molecule has 0 spiro atoms. The fourth-order valence-corrected chi connectivity index (χ4v) is 3.48. The van der Waals surface area contributed by atoms with Crippen molar-refractivity contribution in [1.82, 2.24) is 10.2 Å². The van der Waals surface area contributed by atoms with Gasteiger partial charge in [0.25, 0.3) is 0 Å². The zero-order valence-corrected chi connectivity index (χ0v) is 14.5. The monoisotopic (exact) mass is 339 g/mol. The van der Waals surface area contributed by atoms with Crippen LogP contribution in [0.4, 0.5) is 0 Å². The summed E-state index contributed by atoms with van der Waals surface area (Å²) in [5.41, 5.74) is 0.813. The Morgan fingerprint density at radius 2 is 2.04 bits per heavy atom. The summed E-state index contributed by atoms with van der Waals surface area (Å²) in [6.07, 6.45) is 4.47. The van der Waals surface area contributed by atoms with E-state index in [1.54, 1.807) is 12.1 Å². The number of carbonyl (C=O) groups excluding carboxylic acids is 1. The second-order valence-corrected chi connectivity index (χ2v) is 7.82. The number of rotatable bonds is 6. The van der Waals surface area contributed by atoms with Gasteiger partial charge in [-0.3, -0.25) is 9.69 Å². The number of hydrogen-bond donors (Lipinski definition) is 2. The van der Waals surface area contributed by atoms with E-state index in [0.717, 1.165) is 18.4 Å². The summed E-state index contributed by atoms with van der Waals surface area (Å²) in [6.45, 7) is 2.21. The highest BCUT2D eigenvalue weighted by atomic mass is 32.2. The molecule has 1 aliphatic carbocycles. The number of benzene rings is 1. The first-order chi connectivity index (χ1) is 10.8. The van der Waals surface area contributed by atoms with Crippen molar-refractivity contribution < 1.29 is 13.2 Å². The molecule has 23 heavy (non-hydrogen) atoms. The molecule has 1 amide bonds. The van der Waals surface area contributed by atoms with E-state index in [4.69, 9.17) is 5.14 Å². The van der Waals surface area contributed by atoms with E-state index < -0.39 is 10.0 Å². The molecule has 128 valence electrons. The lowest BCUT2D eigenvalue weighted by Gasteiger charge is -2.25. The van der Waals surface area contributed by atoms with Gasteiger partial charge >= 0.3 is 0 Å². The van der Waals surface area contributed by atoms with Gasteiger partial charge in [-0.15, -0.1) is 0 Å². The van der Waals surface area contributed by atoms with Crippen molar-refractivity contribution in [3.8, 4) is 0 Å². The van der Waals surface area contributed by atoms with Crippen LogP contribution >= 0.6 is 0 Å². The lowest BCUT2D eigenvalue weighted by atomic mass is 10.1. The normalized spacial score (nSPS) is 17.4. The molecule has 1 fully saturated rings. The van der Waals surface area contributed by atoms with Gasteiger partial charge in [0.2, 0.25) is 15.9 Å². The molecule has 0 aliphatic heterocycles. The number of nitrogens with two attached hydrogens (primary N) is 1. The average Bonchev–Trinajstić information content (AvgIpc) is 2.98. The molecule has 7 heteroatoms. The van der Waals surface area contributed by atoms with Gasteiger partial charge in [0.05, 0.1) is 11.4 Å². The van der Waals surface area contributed by atoms with Gasteiger partial charge < -0.3 is 5.32 Å². The standard InChI is InChI=1S/C16H25N3O3S/c1-12(13-6-5-9-15(10-13)23(17,21)22)19(2)11-16(20)18-14-7-3-4-8-14/h5-6,9-10,12,14H,3-4,7-8,11H2,1-2H3,(H,18,20)(H2,17,21,22)/t12-/m0/s1. The molecule has 2 rings (SSSR count). The zero-order chi connectivity index (χ0) is 17.0. The largest absolute Gasteiger partial charge is 0.352 e. The van der Waals surface area contributed by atoms with E-state index in [1.165, 1.54) is 18.9 Å². The maximum Gasteiger partial charge on any atom is 0.238 e. The van der Waals surface area contributed by atoms with Crippen LogP contribution in [0.5, 0.6) is 0 Å². The van der Waals surface area contributed by atoms with Crippen molar-refractivity contribution in [2.45, 2.75) is 49.6 Å². The maximum absolute atomic E-state index is 12.1. The molecule has 0 bridgehead atoms. The van der Waals surface area contributed by atoms with Crippen LogP contribution in [0, 0.1) is 0 Å². The molecule has 1 aliphatic rings. The van der Waals surface area contributed by atoms with Crippen molar-refractivity contribution in [2.75, 3.05) is 13.6 Å². The number of carbonyl (C=O) groups is 1. The Bertz CT molecular complexity index is 654. The topological polar surface area (TPSA) is 92.5 Å². The van der Waals surface area contributed by atoms with Gasteiger partial charge in [0.15, 0.2) is 0 Å². The maximum atomic E-state index is 12.1. The number of amides is 1. The molecular formula is C16H25N3O3S. The molecule has 0 unspecified atom stereocenters. The summed E-state index contributed by atoms with van der Waals surface area (Å²) in [5, 5.41) is 8.22. The van der Waals surface area contributed by atoms with Crippen LogP contribution in [0.3, 0.4) is 0 Å². The molecule has 1 aromatic carbocycles. The Morgan fingerprint density at radius 1 is 1.39 bits per heavy atom. The molecule has 0 radical (unpaired) electrons. The van der Waals surface area contributed by atoms with Crippen LogP contribution in [-0.4, -0.2) is 38.9 Å². The van der Waals surface area contributed by atoms with Crippen molar-refractivity contribution in [2.24, 2.45) is 5.14 Å². The number of likely N-dealkylation sites (N-methyl/N-ethyl adjacent to an activating group) is 1. The van der Waals surface area contributed by atoms with Crippen molar-refractivity contribution in [3.05, 3.63) is 29.8 Å². The van der Waals surface area contributed by atoms with Crippen LogP contribution in [0.2, 0.25) is 0 Å². The SMILES string of the molecule is C[C@@H](c1cccc(S(N)(=O)=O)c1)N(C)CC(=O)NC1CCCC1. The molecule has 0 heterocycles. The number of hydrogen-bond acceptors (Lipinski definition) is 4. The number of sulfonamides is 1. The van der Waals surface area contributed by atoms with Gasteiger partial charge in [-0.2, -0.15) is 0 Å². The fraction of sp³-hybridized carbons (Fsp3) is 0.562. The van der Waals surface area contributed by atoms with Gasteiger partial charge in [0, 0.05) is 12.1 Å². The van der Waals surface area contributed by atoms with Crippen LogP contribution in [0.25, 0.3) is 0 Å².